The van der Waals surface area contributed by atoms with Gasteiger partial charge in [-0.05, 0) is 22.3 Å². The Bertz CT molecular complexity index is 818. The van der Waals surface area contributed by atoms with Crippen LogP contribution in [-0.4, -0.2) is 30.3 Å². The number of carbonyl (C=O) groups is 2. The number of carbonyl (C=O) groups excluding carboxylic acids is 1. The van der Waals surface area contributed by atoms with E-state index in [1.807, 2.05) is 30.2 Å². The van der Waals surface area contributed by atoms with Gasteiger partial charge in [0, 0.05) is 24.8 Å². The summed E-state index contributed by atoms with van der Waals surface area (Å²) in [6.45, 7) is 0.498. The second kappa shape index (κ2) is 7.54. The number of carboxylic acid groups (broad SMARTS) is 1. The highest BCUT2D eigenvalue weighted by Crippen LogP contribution is 2.44. The van der Waals surface area contributed by atoms with Crippen LogP contribution < -0.4 is 5.32 Å². The molecule has 0 unspecified atom stereocenters. The fraction of sp³-hybridized carbons (Fsp3) is 0.200. The third kappa shape index (κ3) is 3.81. The Labute approximate surface area is 145 Å². The Morgan fingerprint density at radius 1 is 1.04 bits per heavy atom. The van der Waals surface area contributed by atoms with Crippen LogP contribution in [0.3, 0.4) is 0 Å². The van der Waals surface area contributed by atoms with Crippen LogP contribution >= 0.6 is 0 Å². The van der Waals surface area contributed by atoms with E-state index in [9.17, 15) is 9.59 Å². The molecule has 0 bridgehead atoms. The van der Waals surface area contributed by atoms with Crippen molar-refractivity contribution in [2.45, 2.75) is 12.3 Å². The molecule has 25 heavy (non-hydrogen) atoms. The lowest BCUT2D eigenvalue weighted by Crippen LogP contribution is -2.26. The first kappa shape index (κ1) is 16.6. The van der Waals surface area contributed by atoms with Gasteiger partial charge in [0.1, 0.15) is 6.61 Å². The Hall–Kier alpha value is -3.26. The zero-order valence-corrected chi connectivity index (χ0v) is 13.5. The molecule has 0 saturated carbocycles. The molecule has 2 aromatic carbocycles. The molecule has 5 heteroatoms. The maximum absolute atomic E-state index is 11.8. The van der Waals surface area contributed by atoms with E-state index in [1.165, 1.54) is 11.1 Å². The van der Waals surface area contributed by atoms with Gasteiger partial charge < -0.3 is 15.2 Å². The maximum Gasteiger partial charge on any atom is 0.407 e. The number of hydrogen-bond acceptors (Lipinski definition) is 3. The predicted molar refractivity (Wildman–Crippen MR) is 93.1 cm³/mol. The summed E-state index contributed by atoms with van der Waals surface area (Å²) < 4.78 is 5.35. The fourth-order valence-corrected chi connectivity index (χ4v) is 3.01. The minimum absolute atomic E-state index is 0.0185. The zero-order chi connectivity index (χ0) is 17.6. The summed E-state index contributed by atoms with van der Waals surface area (Å²) in [6.07, 6.45) is -0.268. The van der Waals surface area contributed by atoms with Gasteiger partial charge in [-0.1, -0.05) is 54.5 Å². The number of carboxylic acids is 1. The molecule has 0 radical (unpaired) electrons. The smallest absolute Gasteiger partial charge is 0.407 e. The zero-order valence-electron chi connectivity index (χ0n) is 13.5. The van der Waals surface area contributed by atoms with Crippen LogP contribution in [0.4, 0.5) is 4.79 Å². The van der Waals surface area contributed by atoms with Crippen molar-refractivity contribution in [1.82, 2.24) is 5.32 Å². The molecule has 0 saturated heterocycles. The van der Waals surface area contributed by atoms with Crippen molar-refractivity contribution in [3.05, 3.63) is 59.7 Å². The first-order valence-corrected chi connectivity index (χ1v) is 7.97. The van der Waals surface area contributed by atoms with E-state index in [2.05, 4.69) is 35.5 Å². The number of nitrogens with one attached hydrogen (secondary N) is 1. The van der Waals surface area contributed by atoms with Crippen LogP contribution in [0.1, 0.15) is 23.5 Å². The molecule has 0 fully saturated rings. The summed E-state index contributed by atoms with van der Waals surface area (Å²) in [5.74, 6) is 3.28. The van der Waals surface area contributed by atoms with Gasteiger partial charge in [0.05, 0.1) is 0 Å². The highest BCUT2D eigenvalue weighted by molar-refractivity contribution is 5.86. The van der Waals surface area contributed by atoms with E-state index in [4.69, 9.17) is 9.84 Å². The normalized spacial score (nSPS) is 11.7. The molecular weight excluding hydrogens is 318 g/mol. The number of fused-ring (bicyclic) bond motifs is 3. The molecular formula is C20H17NO4. The van der Waals surface area contributed by atoms with Crippen molar-refractivity contribution in [2.75, 3.05) is 13.2 Å². The van der Waals surface area contributed by atoms with Crippen LogP contribution in [-0.2, 0) is 9.53 Å². The lowest BCUT2D eigenvalue weighted by atomic mass is 9.98. The van der Waals surface area contributed by atoms with Gasteiger partial charge in [0.2, 0.25) is 0 Å². The van der Waals surface area contributed by atoms with E-state index in [0.29, 0.717) is 0 Å². The third-order valence-corrected chi connectivity index (χ3v) is 4.06. The topological polar surface area (TPSA) is 75.6 Å². The minimum Gasteiger partial charge on any atom is -0.472 e. The summed E-state index contributed by atoms with van der Waals surface area (Å²) in [5.41, 5.74) is 4.67. The Balaban J connectivity index is 1.59. The molecule has 2 aromatic rings. The van der Waals surface area contributed by atoms with Gasteiger partial charge in [0.25, 0.3) is 0 Å². The molecule has 0 heterocycles. The second-order valence-electron chi connectivity index (χ2n) is 5.61. The first-order valence-electron chi connectivity index (χ1n) is 7.97. The van der Waals surface area contributed by atoms with Crippen molar-refractivity contribution in [3.8, 4) is 23.0 Å². The maximum atomic E-state index is 11.8. The van der Waals surface area contributed by atoms with E-state index in [0.717, 1.165) is 11.1 Å². The highest BCUT2D eigenvalue weighted by atomic mass is 16.5. The van der Waals surface area contributed by atoms with Gasteiger partial charge in [-0.3, -0.25) is 0 Å². The number of aliphatic carboxylic acids is 1. The van der Waals surface area contributed by atoms with Gasteiger partial charge in [-0.2, -0.15) is 0 Å². The van der Waals surface area contributed by atoms with Crippen LogP contribution in [0.5, 0.6) is 0 Å². The Morgan fingerprint density at radius 2 is 1.64 bits per heavy atom. The molecule has 2 N–H and O–H groups in total. The number of amides is 1. The van der Waals surface area contributed by atoms with Gasteiger partial charge in [0.15, 0.2) is 0 Å². The van der Waals surface area contributed by atoms with Crippen molar-refractivity contribution in [2.24, 2.45) is 0 Å². The summed E-state index contributed by atoms with van der Waals surface area (Å²) in [4.78, 5) is 22.1. The average Bonchev–Trinajstić information content (AvgIpc) is 2.93. The molecule has 1 aliphatic carbocycles. The number of ether oxygens (including phenoxy) is 1. The summed E-state index contributed by atoms with van der Waals surface area (Å²) in [7, 11) is 0. The van der Waals surface area contributed by atoms with Gasteiger partial charge >= 0.3 is 12.1 Å². The molecule has 1 amide bonds. The molecule has 0 atom stereocenters. The predicted octanol–water partition coefficient (Wildman–Crippen LogP) is 3.00. The summed E-state index contributed by atoms with van der Waals surface area (Å²) >= 11 is 0. The van der Waals surface area contributed by atoms with Crippen LogP contribution in [0.2, 0.25) is 0 Å². The van der Waals surface area contributed by atoms with Crippen LogP contribution in [0.15, 0.2) is 48.5 Å². The monoisotopic (exact) mass is 335 g/mol. The van der Waals surface area contributed by atoms with E-state index < -0.39 is 12.1 Å². The summed E-state index contributed by atoms with van der Waals surface area (Å²) in [6, 6.07) is 16.3. The Morgan fingerprint density at radius 3 is 2.24 bits per heavy atom. The SMILES string of the molecule is O=C(O)C#CCCNC(=O)OCC1c2ccccc2-c2ccccc21. The fourth-order valence-electron chi connectivity index (χ4n) is 3.01. The lowest BCUT2D eigenvalue weighted by Gasteiger charge is -2.14. The van der Waals surface area contributed by atoms with Crippen LogP contribution in [0, 0.1) is 11.8 Å². The molecule has 1 aliphatic rings. The number of rotatable bonds is 4. The number of hydrogen-bond donors (Lipinski definition) is 2. The van der Waals surface area contributed by atoms with E-state index in [1.54, 1.807) is 0 Å². The molecule has 126 valence electrons. The molecule has 0 aromatic heterocycles. The lowest BCUT2D eigenvalue weighted by molar-refractivity contribution is -0.130. The third-order valence-electron chi connectivity index (χ3n) is 4.06. The average molecular weight is 335 g/mol. The summed E-state index contributed by atoms with van der Waals surface area (Å²) in [5, 5.41) is 11.0. The molecule has 0 spiro atoms. The quantitative estimate of drug-likeness (QED) is 0.665. The standard InChI is InChI=1S/C20H17NO4/c22-19(23)11-5-6-12-21-20(24)25-13-18-16-9-3-1-7-14(16)15-8-2-4-10-17(15)18/h1-4,7-10,18H,6,12-13H2,(H,21,24)(H,22,23). The van der Waals surface area contributed by atoms with Crippen molar-refractivity contribution in [1.29, 1.82) is 0 Å². The van der Waals surface area contributed by atoms with Crippen molar-refractivity contribution < 1.29 is 19.4 Å². The number of alkyl carbamates (subject to hydrolysis) is 1. The van der Waals surface area contributed by atoms with Gasteiger partial charge in [-0.25, -0.2) is 9.59 Å². The van der Waals surface area contributed by atoms with Crippen LogP contribution in [0.25, 0.3) is 11.1 Å². The molecule has 3 rings (SSSR count). The number of benzene rings is 2. The van der Waals surface area contributed by atoms with Crippen molar-refractivity contribution in [3.63, 3.8) is 0 Å². The van der Waals surface area contributed by atoms with E-state index in [-0.39, 0.29) is 25.5 Å². The first-order chi connectivity index (χ1) is 12.2. The highest BCUT2D eigenvalue weighted by Gasteiger charge is 2.28. The van der Waals surface area contributed by atoms with Gasteiger partial charge in [-0.15, -0.1) is 0 Å². The van der Waals surface area contributed by atoms with E-state index >= 15 is 0 Å². The van der Waals surface area contributed by atoms with Crippen molar-refractivity contribution >= 4 is 12.1 Å². The molecule has 5 nitrogen and oxygen atoms in total. The molecule has 0 aliphatic heterocycles. The largest absolute Gasteiger partial charge is 0.472 e. The second-order valence-corrected chi connectivity index (χ2v) is 5.61. The minimum atomic E-state index is -1.18. The Kier molecular flexibility index (Phi) is 5.00.